The Morgan fingerprint density at radius 1 is 0.935 bits per heavy atom. The van der Waals surface area contributed by atoms with Gasteiger partial charge < -0.3 is 20.7 Å². The van der Waals surface area contributed by atoms with E-state index in [9.17, 15) is 18.8 Å². The predicted molar refractivity (Wildman–Crippen MR) is 116 cm³/mol. The second-order valence-corrected chi connectivity index (χ2v) is 7.96. The van der Waals surface area contributed by atoms with Crippen molar-refractivity contribution in [2.24, 2.45) is 0 Å². The molecule has 31 heavy (non-hydrogen) atoms. The van der Waals surface area contributed by atoms with Crippen molar-refractivity contribution in [3.63, 3.8) is 0 Å². The van der Waals surface area contributed by atoms with Gasteiger partial charge in [-0.05, 0) is 50.1 Å². The minimum Gasteiger partial charge on any atom is -0.444 e. The Hall–Kier alpha value is -3.42. The molecule has 0 aromatic heterocycles. The fourth-order valence-electron chi connectivity index (χ4n) is 2.65. The molecule has 0 radical (unpaired) electrons. The summed E-state index contributed by atoms with van der Waals surface area (Å²) < 4.78 is 18.1. The summed E-state index contributed by atoms with van der Waals surface area (Å²) in [5.74, 6) is -0.842. The number of ether oxygens (including phenoxy) is 1. The zero-order valence-corrected chi connectivity index (χ0v) is 18.0. The van der Waals surface area contributed by atoms with Gasteiger partial charge in [0.25, 0.3) is 0 Å². The highest BCUT2D eigenvalue weighted by Gasteiger charge is 2.16. The van der Waals surface area contributed by atoms with Gasteiger partial charge in [0, 0.05) is 25.2 Å². The van der Waals surface area contributed by atoms with Crippen molar-refractivity contribution in [3.05, 3.63) is 65.5 Å². The third-order valence-corrected chi connectivity index (χ3v) is 4.07. The third-order valence-electron chi connectivity index (χ3n) is 4.07. The minimum atomic E-state index is -0.605. The maximum Gasteiger partial charge on any atom is 0.407 e. The lowest BCUT2D eigenvalue weighted by atomic mass is 10.1. The molecule has 0 saturated carbocycles. The highest BCUT2D eigenvalue weighted by Crippen LogP contribution is 2.15. The fraction of sp³-hybridized carbons (Fsp3) is 0.348. The van der Waals surface area contributed by atoms with E-state index in [0.717, 1.165) is 5.56 Å². The number of hydrogen-bond acceptors (Lipinski definition) is 4. The predicted octanol–water partition coefficient (Wildman–Crippen LogP) is 3.54. The van der Waals surface area contributed by atoms with E-state index in [0.29, 0.717) is 11.3 Å². The average Bonchev–Trinajstić information content (AvgIpc) is 2.67. The zero-order chi connectivity index (χ0) is 22.9. The van der Waals surface area contributed by atoms with Gasteiger partial charge in [-0.25, -0.2) is 9.18 Å². The molecule has 0 atom stereocenters. The number of benzene rings is 2. The highest BCUT2D eigenvalue weighted by atomic mass is 19.1. The lowest BCUT2D eigenvalue weighted by Gasteiger charge is -2.19. The molecular formula is C23H28FN3O4. The van der Waals surface area contributed by atoms with Crippen LogP contribution >= 0.6 is 0 Å². The van der Waals surface area contributed by atoms with E-state index in [2.05, 4.69) is 16.0 Å². The van der Waals surface area contributed by atoms with Crippen LogP contribution in [0.3, 0.4) is 0 Å². The summed E-state index contributed by atoms with van der Waals surface area (Å²) in [5, 5.41) is 8.12. The first-order valence-corrected chi connectivity index (χ1v) is 9.98. The van der Waals surface area contributed by atoms with Crippen molar-refractivity contribution in [1.82, 2.24) is 10.6 Å². The number of amides is 3. The van der Waals surface area contributed by atoms with Crippen LogP contribution in [0.5, 0.6) is 0 Å². The molecule has 3 N–H and O–H groups in total. The Balaban J connectivity index is 1.81. The van der Waals surface area contributed by atoms with Crippen molar-refractivity contribution in [3.8, 4) is 0 Å². The van der Waals surface area contributed by atoms with Crippen LogP contribution in [-0.2, 0) is 27.3 Å². The van der Waals surface area contributed by atoms with Crippen LogP contribution in [0.25, 0.3) is 0 Å². The van der Waals surface area contributed by atoms with Crippen LogP contribution < -0.4 is 16.0 Å². The normalized spacial score (nSPS) is 10.8. The molecule has 2 aromatic carbocycles. The van der Waals surface area contributed by atoms with Gasteiger partial charge >= 0.3 is 6.09 Å². The molecule has 0 bridgehead atoms. The van der Waals surface area contributed by atoms with Gasteiger partial charge in [-0.2, -0.15) is 0 Å². The van der Waals surface area contributed by atoms with Gasteiger partial charge in [0.15, 0.2) is 0 Å². The van der Waals surface area contributed by atoms with E-state index in [4.69, 9.17) is 4.74 Å². The molecule has 166 valence electrons. The van der Waals surface area contributed by atoms with Crippen LogP contribution in [-0.4, -0.2) is 30.1 Å². The molecule has 0 fully saturated rings. The molecule has 2 aromatic rings. The lowest BCUT2D eigenvalue weighted by Crippen LogP contribution is -2.34. The van der Waals surface area contributed by atoms with E-state index in [1.165, 1.54) is 12.1 Å². The van der Waals surface area contributed by atoms with Crippen molar-refractivity contribution in [2.75, 3.05) is 11.9 Å². The van der Waals surface area contributed by atoms with Crippen molar-refractivity contribution in [1.29, 1.82) is 0 Å². The van der Waals surface area contributed by atoms with E-state index in [-0.39, 0.29) is 43.6 Å². The molecule has 0 unspecified atom stereocenters. The van der Waals surface area contributed by atoms with Crippen LogP contribution in [0.4, 0.5) is 14.9 Å². The molecule has 0 heterocycles. The van der Waals surface area contributed by atoms with Crippen LogP contribution in [0, 0.1) is 5.82 Å². The Bertz CT molecular complexity index is 908. The summed E-state index contributed by atoms with van der Waals surface area (Å²) in [6, 6.07) is 12.9. The number of para-hydroxylation sites is 1. The van der Waals surface area contributed by atoms with Gasteiger partial charge in [-0.15, -0.1) is 0 Å². The number of rotatable bonds is 8. The number of halogens is 1. The maximum absolute atomic E-state index is 13.0. The Kier molecular flexibility index (Phi) is 8.54. The Morgan fingerprint density at radius 3 is 2.29 bits per heavy atom. The fourth-order valence-corrected chi connectivity index (χ4v) is 2.65. The van der Waals surface area contributed by atoms with Gasteiger partial charge in [0.1, 0.15) is 11.4 Å². The van der Waals surface area contributed by atoms with E-state index >= 15 is 0 Å². The van der Waals surface area contributed by atoms with E-state index in [1.54, 1.807) is 57.2 Å². The molecule has 0 aliphatic carbocycles. The quantitative estimate of drug-likeness (QED) is 0.598. The van der Waals surface area contributed by atoms with Crippen LogP contribution in [0.15, 0.2) is 48.5 Å². The number of carbonyl (C=O) groups excluding carboxylic acids is 3. The summed E-state index contributed by atoms with van der Waals surface area (Å²) in [6.07, 6.45) is -0.375. The Labute approximate surface area is 181 Å². The number of hydrogen-bond donors (Lipinski definition) is 3. The lowest BCUT2D eigenvalue weighted by molar-refractivity contribution is -0.120. The van der Waals surface area contributed by atoms with Crippen molar-refractivity contribution in [2.45, 2.75) is 45.8 Å². The Morgan fingerprint density at radius 2 is 1.61 bits per heavy atom. The summed E-state index contributed by atoms with van der Waals surface area (Å²) in [5.41, 5.74) is 1.42. The minimum absolute atomic E-state index is 0.0739. The number of anilines is 1. The van der Waals surface area contributed by atoms with Crippen molar-refractivity contribution >= 4 is 23.6 Å². The molecule has 7 nitrogen and oxygen atoms in total. The largest absolute Gasteiger partial charge is 0.444 e. The van der Waals surface area contributed by atoms with Gasteiger partial charge in [0.2, 0.25) is 11.8 Å². The van der Waals surface area contributed by atoms with E-state index < -0.39 is 11.7 Å². The topological polar surface area (TPSA) is 96.5 Å². The van der Waals surface area contributed by atoms with Crippen LogP contribution in [0.1, 0.15) is 38.3 Å². The molecular weight excluding hydrogens is 401 g/mol. The maximum atomic E-state index is 13.0. The molecule has 0 aliphatic rings. The SMILES string of the molecule is CC(C)(C)OC(=O)NCCC(=O)Nc1ccccc1CNC(=O)Cc1ccc(F)cc1. The second-order valence-electron chi connectivity index (χ2n) is 7.96. The second kappa shape index (κ2) is 11.1. The summed E-state index contributed by atoms with van der Waals surface area (Å²) in [4.78, 5) is 36.0. The number of alkyl carbamates (subject to hydrolysis) is 1. The van der Waals surface area contributed by atoms with Gasteiger partial charge in [-0.1, -0.05) is 30.3 Å². The standard InChI is InChI=1S/C23H28FN3O4/c1-23(2,3)31-22(30)25-13-12-20(28)27-19-7-5-4-6-17(19)15-26-21(29)14-16-8-10-18(24)11-9-16/h4-11H,12-15H2,1-3H3,(H,25,30)(H,26,29)(H,27,28). The first-order valence-electron chi connectivity index (χ1n) is 9.98. The first kappa shape index (κ1) is 23.9. The molecule has 0 spiro atoms. The molecule has 8 heteroatoms. The molecule has 0 saturated heterocycles. The third kappa shape index (κ3) is 9.29. The molecule has 3 amide bonds. The summed E-state index contributed by atoms with van der Waals surface area (Å²) in [6.45, 7) is 5.64. The monoisotopic (exact) mass is 429 g/mol. The van der Waals surface area contributed by atoms with Gasteiger partial charge in [-0.3, -0.25) is 9.59 Å². The van der Waals surface area contributed by atoms with Crippen LogP contribution in [0.2, 0.25) is 0 Å². The van der Waals surface area contributed by atoms with Crippen molar-refractivity contribution < 1.29 is 23.5 Å². The average molecular weight is 429 g/mol. The van der Waals surface area contributed by atoms with Gasteiger partial charge in [0.05, 0.1) is 6.42 Å². The smallest absolute Gasteiger partial charge is 0.407 e. The molecule has 0 aliphatic heterocycles. The number of carbonyl (C=O) groups is 3. The first-order chi connectivity index (χ1) is 14.6. The molecule has 2 rings (SSSR count). The summed E-state index contributed by atoms with van der Waals surface area (Å²) >= 11 is 0. The van der Waals surface area contributed by atoms with E-state index in [1.807, 2.05) is 0 Å². The zero-order valence-electron chi connectivity index (χ0n) is 18.0. The number of nitrogens with one attached hydrogen (secondary N) is 3. The summed E-state index contributed by atoms with van der Waals surface area (Å²) in [7, 11) is 0. The highest BCUT2D eigenvalue weighted by molar-refractivity contribution is 5.92.